The van der Waals surface area contributed by atoms with Crippen molar-refractivity contribution in [1.29, 1.82) is 0 Å². The van der Waals surface area contributed by atoms with Gasteiger partial charge in [-0.2, -0.15) is 0 Å². The van der Waals surface area contributed by atoms with Crippen molar-refractivity contribution in [3.63, 3.8) is 0 Å². The third-order valence-electron chi connectivity index (χ3n) is 3.70. The Bertz CT molecular complexity index is 705. The average Bonchev–Trinajstić information content (AvgIpc) is 2.51. The number of aryl methyl sites for hydroxylation is 1. The zero-order chi connectivity index (χ0) is 16.1. The lowest BCUT2D eigenvalue weighted by Gasteiger charge is -2.17. The molecule has 1 heterocycles. The van der Waals surface area contributed by atoms with Gasteiger partial charge in [0, 0.05) is 24.2 Å². The van der Waals surface area contributed by atoms with Crippen LogP contribution in [0.3, 0.4) is 0 Å². The van der Waals surface area contributed by atoms with Crippen LogP contribution in [0.1, 0.15) is 24.5 Å². The average molecular weight is 300 g/mol. The zero-order valence-corrected chi connectivity index (χ0v) is 13.8. The molecule has 0 saturated carbocycles. The van der Waals surface area contributed by atoms with E-state index in [1.807, 2.05) is 42.8 Å². The summed E-state index contributed by atoms with van der Waals surface area (Å²) < 4.78 is 7.33. The van der Waals surface area contributed by atoms with Crippen LogP contribution in [0.2, 0.25) is 0 Å². The first-order valence-corrected chi connectivity index (χ1v) is 7.64. The summed E-state index contributed by atoms with van der Waals surface area (Å²) in [6.45, 7) is 5.39. The Morgan fingerprint density at radius 3 is 2.64 bits per heavy atom. The molecule has 0 amide bonds. The number of pyridine rings is 1. The van der Waals surface area contributed by atoms with E-state index in [9.17, 15) is 4.79 Å². The van der Waals surface area contributed by atoms with Crippen molar-refractivity contribution >= 4 is 0 Å². The summed E-state index contributed by atoms with van der Waals surface area (Å²) >= 11 is 0. The Hall–Kier alpha value is -2.07. The molecule has 2 rings (SSSR count). The summed E-state index contributed by atoms with van der Waals surface area (Å²) in [6, 6.07) is 9.95. The van der Waals surface area contributed by atoms with E-state index >= 15 is 0 Å². The third-order valence-corrected chi connectivity index (χ3v) is 3.70. The largest absolute Gasteiger partial charge is 0.496 e. The molecule has 1 aromatic carbocycles. The van der Waals surface area contributed by atoms with Gasteiger partial charge in [-0.05, 0) is 38.6 Å². The normalized spacial score (nSPS) is 10.7. The van der Waals surface area contributed by atoms with Crippen molar-refractivity contribution in [3.8, 4) is 17.0 Å². The minimum absolute atomic E-state index is 0.0669. The highest BCUT2D eigenvalue weighted by atomic mass is 16.5. The Balaban J connectivity index is 2.67. The highest BCUT2D eigenvalue weighted by Crippen LogP contribution is 2.30. The summed E-state index contributed by atoms with van der Waals surface area (Å²) in [5, 5.41) is 3.05. The van der Waals surface area contributed by atoms with E-state index in [-0.39, 0.29) is 5.56 Å². The number of hydrogen-bond donors (Lipinski definition) is 1. The number of nitrogens with one attached hydrogen (secondary N) is 1. The molecule has 118 valence electrons. The van der Waals surface area contributed by atoms with Gasteiger partial charge in [-0.25, -0.2) is 0 Å². The minimum atomic E-state index is 0.0669. The summed E-state index contributed by atoms with van der Waals surface area (Å²) in [5.41, 5.74) is 3.87. The van der Waals surface area contributed by atoms with Gasteiger partial charge < -0.3 is 14.6 Å². The predicted molar refractivity (Wildman–Crippen MR) is 90.5 cm³/mol. The molecule has 1 aromatic heterocycles. The number of ether oxygens (including phenoxy) is 1. The van der Waals surface area contributed by atoms with Gasteiger partial charge in [0.2, 0.25) is 0 Å². The maximum Gasteiger partial charge on any atom is 0.255 e. The van der Waals surface area contributed by atoms with E-state index < -0.39 is 0 Å². The second-order valence-corrected chi connectivity index (χ2v) is 5.43. The first-order chi connectivity index (χ1) is 10.6. The number of nitrogens with zero attached hydrogens (tertiary/aromatic N) is 1. The molecule has 0 unspecified atom stereocenters. The van der Waals surface area contributed by atoms with Gasteiger partial charge in [-0.1, -0.05) is 24.6 Å². The van der Waals surface area contributed by atoms with E-state index in [0.29, 0.717) is 13.1 Å². The van der Waals surface area contributed by atoms with E-state index in [1.54, 1.807) is 7.11 Å². The van der Waals surface area contributed by atoms with Crippen LogP contribution in [0, 0.1) is 6.92 Å². The van der Waals surface area contributed by atoms with Crippen LogP contribution >= 0.6 is 0 Å². The van der Waals surface area contributed by atoms with Gasteiger partial charge >= 0.3 is 0 Å². The lowest BCUT2D eigenvalue weighted by atomic mass is 10.1. The van der Waals surface area contributed by atoms with E-state index in [0.717, 1.165) is 34.6 Å². The minimum Gasteiger partial charge on any atom is -0.496 e. The third kappa shape index (κ3) is 3.22. The van der Waals surface area contributed by atoms with Crippen molar-refractivity contribution in [2.45, 2.75) is 33.4 Å². The van der Waals surface area contributed by atoms with Gasteiger partial charge in [0.05, 0.1) is 12.8 Å². The molecular weight excluding hydrogens is 276 g/mol. The molecule has 0 bridgehead atoms. The molecule has 0 aliphatic heterocycles. The molecule has 4 nitrogen and oxygen atoms in total. The lowest BCUT2D eigenvalue weighted by Crippen LogP contribution is -2.27. The molecule has 0 aliphatic rings. The number of rotatable bonds is 6. The number of methoxy groups -OCH3 is 1. The van der Waals surface area contributed by atoms with Crippen LogP contribution < -0.4 is 15.6 Å². The van der Waals surface area contributed by atoms with E-state index in [1.165, 1.54) is 0 Å². The van der Waals surface area contributed by atoms with Crippen molar-refractivity contribution in [1.82, 2.24) is 9.88 Å². The van der Waals surface area contributed by atoms with Crippen LogP contribution in [0.25, 0.3) is 11.3 Å². The molecule has 1 N–H and O–H groups in total. The van der Waals surface area contributed by atoms with Gasteiger partial charge in [0.1, 0.15) is 5.75 Å². The van der Waals surface area contributed by atoms with Crippen LogP contribution in [0.4, 0.5) is 0 Å². The molecule has 2 aromatic rings. The van der Waals surface area contributed by atoms with Crippen molar-refractivity contribution in [2.75, 3.05) is 14.2 Å². The summed E-state index contributed by atoms with van der Waals surface area (Å²) in [7, 11) is 3.51. The molecule has 0 spiro atoms. The quantitative estimate of drug-likeness (QED) is 0.892. The number of hydrogen-bond acceptors (Lipinski definition) is 3. The Morgan fingerprint density at radius 1 is 1.23 bits per heavy atom. The second kappa shape index (κ2) is 7.27. The van der Waals surface area contributed by atoms with Gasteiger partial charge in [0.25, 0.3) is 5.56 Å². The summed E-state index contributed by atoms with van der Waals surface area (Å²) in [6.07, 6.45) is 0.907. The highest BCUT2D eigenvalue weighted by Gasteiger charge is 2.13. The SMILES string of the molecule is CCCn1c(-c2cc(C)ccc2OC)ccc(CNC)c1=O. The zero-order valence-electron chi connectivity index (χ0n) is 13.8. The summed E-state index contributed by atoms with van der Waals surface area (Å²) in [5.74, 6) is 0.788. The molecule has 0 fully saturated rings. The maximum absolute atomic E-state index is 12.7. The molecule has 0 radical (unpaired) electrons. The first-order valence-electron chi connectivity index (χ1n) is 7.64. The standard InChI is InChI=1S/C18H24N2O2/c1-5-10-20-16(8-7-14(12-19-3)18(20)21)15-11-13(2)6-9-17(15)22-4/h6-9,11,19H,5,10,12H2,1-4H3. The van der Waals surface area contributed by atoms with Gasteiger partial charge in [0.15, 0.2) is 0 Å². The van der Waals surface area contributed by atoms with Crippen molar-refractivity contribution < 1.29 is 4.74 Å². The second-order valence-electron chi connectivity index (χ2n) is 5.43. The van der Waals surface area contributed by atoms with Crippen molar-refractivity contribution in [3.05, 3.63) is 51.8 Å². The monoisotopic (exact) mass is 300 g/mol. The molecule has 4 heteroatoms. The molecule has 0 aliphatic carbocycles. The predicted octanol–water partition coefficient (Wildman–Crippen LogP) is 2.96. The van der Waals surface area contributed by atoms with Gasteiger partial charge in [-0.3, -0.25) is 4.79 Å². The smallest absolute Gasteiger partial charge is 0.255 e. The fraction of sp³-hybridized carbons (Fsp3) is 0.389. The fourth-order valence-corrected chi connectivity index (χ4v) is 2.65. The highest BCUT2D eigenvalue weighted by molar-refractivity contribution is 5.68. The van der Waals surface area contributed by atoms with Crippen LogP contribution in [-0.2, 0) is 13.1 Å². The number of aromatic nitrogens is 1. The van der Waals surface area contributed by atoms with Crippen LogP contribution in [0.15, 0.2) is 35.1 Å². The Labute approximate surface area is 131 Å². The van der Waals surface area contributed by atoms with E-state index in [2.05, 4.69) is 18.3 Å². The van der Waals surface area contributed by atoms with E-state index in [4.69, 9.17) is 4.74 Å². The number of benzene rings is 1. The lowest BCUT2D eigenvalue weighted by molar-refractivity contribution is 0.416. The Morgan fingerprint density at radius 2 is 2.00 bits per heavy atom. The molecular formula is C18H24N2O2. The van der Waals surface area contributed by atoms with Crippen LogP contribution in [0.5, 0.6) is 5.75 Å². The molecule has 22 heavy (non-hydrogen) atoms. The fourth-order valence-electron chi connectivity index (χ4n) is 2.65. The van der Waals surface area contributed by atoms with Crippen LogP contribution in [-0.4, -0.2) is 18.7 Å². The van der Waals surface area contributed by atoms with Gasteiger partial charge in [-0.15, -0.1) is 0 Å². The molecule has 0 saturated heterocycles. The van der Waals surface area contributed by atoms with Crippen molar-refractivity contribution in [2.24, 2.45) is 0 Å². The molecule has 0 atom stereocenters. The first kappa shape index (κ1) is 16.3. The topological polar surface area (TPSA) is 43.3 Å². The maximum atomic E-state index is 12.7. The Kier molecular flexibility index (Phi) is 5.39. The summed E-state index contributed by atoms with van der Waals surface area (Å²) in [4.78, 5) is 12.7.